The van der Waals surface area contributed by atoms with Crippen LogP contribution in [0.4, 0.5) is 0 Å². The van der Waals surface area contributed by atoms with Crippen molar-refractivity contribution in [1.82, 2.24) is 25.6 Å². The lowest BCUT2D eigenvalue weighted by atomic mass is 10.1. The molecule has 2 atom stereocenters. The van der Waals surface area contributed by atoms with E-state index in [4.69, 9.17) is 0 Å². The van der Waals surface area contributed by atoms with Gasteiger partial charge < -0.3 is 10.6 Å². The van der Waals surface area contributed by atoms with Crippen LogP contribution in [0.2, 0.25) is 0 Å². The zero-order chi connectivity index (χ0) is 12.5. The maximum absolute atomic E-state index is 11.9. The predicted octanol–water partition coefficient (Wildman–Crippen LogP) is 0.341. The summed E-state index contributed by atoms with van der Waals surface area (Å²) >= 11 is 0. The van der Waals surface area contributed by atoms with Crippen molar-refractivity contribution in [3.05, 3.63) is 11.9 Å². The monoisotopic (exact) mass is 249 g/mol. The smallest absolute Gasteiger partial charge is 0.273 e. The van der Waals surface area contributed by atoms with Gasteiger partial charge in [0.2, 0.25) is 0 Å². The van der Waals surface area contributed by atoms with Gasteiger partial charge in [0.15, 0.2) is 5.69 Å². The second kappa shape index (κ2) is 4.68. The number of piperidine rings is 1. The summed E-state index contributed by atoms with van der Waals surface area (Å²) in [5, 5.41) is 14.3. The molecule has 1 aromatic heterocycles. The Balaban J connectivity index is 1.63. The molecule has 6 heteroatoms. The summed E-state index contributed by atoms with van der Waals surface area (Å²) < 4.78 is 1.84. The first kappa shape index (κ1) is 11.6. The average Bonchev–Trinajstić information content (AvgIpc) is 2.92. The first-order chi connectivity index (χ1) is 8.74. The highest BCUT2D eigenvalue weighted by molar-refractivity contribution is 5.92. The minimum atomic E-state index is -0.0930. The van der Waals surface area contributed by atoms with Gasteiger partial charge in [0.05, 0.1) is 12.2 Å². The molecule has 1 saturated carbocycles. The lowest BCUT2D eigenvalue weighted by Crippen LogP contribution is -2.29. The molecule has 2 fully saturated rings. The van der Waals surface area contributed by atoms with Crippen LogP contribution in [0.5, 0.6) is 0 Å². The molecule has 0 aromatic carbocycles. The Hall–Kier alpha value is -1.43. The van der Waals surface area contributed by atoms with Gasteiger partial charge in [0, 0.05) is 6.04 Å². The molecular formula is C12H19N5O. The van der Waals surface area contributed by atoms with Crippen molar-refractivity contribution < 1.29 is 4.79 Å². The predicted molar refractivity (Wildman–Crippen MR) is 66.2 cm³/mol. The molecule has 1 saturated heterocycles. The lowest BCUT2D eigenvalue weighted by Gasteiger charge is -2.22. The highest BCUT2D eigenvalue weighted by Crippen LogP contribution is 2.29. The van der Waals surface area contributed by atoms with E-state index in [9.17, 15) is 4.79 Å². The van der Waals surface area contributed by atoms with Crippen molar-refractivity contribution in [3.8, 4) is 0 Å². The minimum Gasteiger partial charge on any atom is -0.348 e. The third-order valence-electron chi connectivity index (χ3n) is 3.85. The van der Waals surface area contributed by atoms with Gasteiger partial charge in [-0.1, -0.05) is 12.1 Å². The molecule has 0 spiro atoms. The maximum Gasteiger partial charge on any atom is 0.273 e. The van der Waals surface area contributed by atoms with Crippen LogP contribution in [0.25, 0.3) is 0 Å². The van der Waals surface area contributed by atoms with Crippen LogP contribution in [-0.4, -0.2) is 40.0 Å². The van der Waals surface area contributed by atoms with Gasteiger partial charge in [-0.25, -0.2) is 4.68 Å². The molecule has 2 unspecified atom stereocenters. The van der Waals surface area contributed by atoms with Gasteiger partial charge >= 0.3 is 0 Å². The van der Waals surface area contributed by atoms with E-state index in [2.05, 4.69) is 27.9 Å². The molecule has 0 bridgehead atoms. The first-order valence-corrected chi connectivity index (χ1v) is 6.67. The zero-order valence-corrected chi connectivity index (χ0v) is 10.6. The highest BCUT2D eigenvalue weighted by atomic mass is 16.2. The summed E-state index contributed by atoms with van der Waals surface area (Å²) in [6.07, 6.45) is 4.95. The van der Waals surface area contributed by atoms with Crippen LogP contribution >= 0.6 is 0 Å². The Labute approximate surface area is 106 Å². The van der Waals surface area contributed by atoms with E-state index in [0.717, 1.165) is 32.4 Å². The molecule has 1 aromatic rings. The molecular weight excluding hydrogens is 230 g/mol. The van der Waals surface area contributed by atoms with E-state index in [1.165, 1.54) is 0 Å². The summed E-state index contributed by atoms with van der Waals surface area (Å²) in [4.78, 5) is 11.9. The van der Waals surface area contributed by atoms with E-state index in [0.29, 0.717) is 23.7 Å². The van der Waals surface area contributed by atoms with Crippen molar-refractivity contribution in [1.29, 1.82) is 0 Å². The van der Waals surface area contributed by atoms with Crippen LogP contribution in [0, 0.1) is 5.92 Å². The number of carbonyl (C=O) groups is 1. The molecule has 2 N–H and O–H groups in total. The van der Waals surface area contributed by atoms with Gasteiger partial charge in [0.1, 0.15) is 0 Å². The summed E-state index contributed by atoms with van der Waals surface area (Å²) in [6, 6.07) is 0.710. The quantitative estimate of drug-likeness (QED) is 0.810. The Morgan fingerprint density at radius 3 is 2.89 bits per heavy atom. The standard InChI is InChI=1S/C12H19N5O/c1-8-6-10(8)14-12(18)11-7-17(16-15-11)9-2-4-13-5-3-9/h7-10,13H,2-6H2,1H3,(H,14,18). The number of rotatable bonds is 3. The van der Waals surface area contributed by atoms with Crippen LogP contribution < -0.4 is 10.6 Å². The molecule has 98 valence electrons. The van der Waals surface area contributed by atoms with Gasteiger partial charge in [0.25, 0.3) is 5.91 Å². The summed E-state index contributed by atoms with van der Waals surface area (Å²) in [6.45, 7) is 4.15. The fourth-order valence-electron chi connectivity index (χ4n) is 2.40. The number of aromatic nitrogens is 3. The Bertz CT molecular complexity index is 437. The van der Waals surface area contributed by atoms with E-state index < -0.39 is 0 Å². The number of nitrogens with zero attached hydrogens (tertiary/aromatic N) is 3. The zero-order valence-electron chi connectivity index (χ0n) is 10.6. The van der Waals surface area contributed by atoms with Gasteiger partial charge in [-0.2, -0.15) is 0 Å². The molecule has 3 rings (SSSR count). The SMILES string of the molecule is CC1CC1NC(=O)c1cn(C2CCNCC2)nn1. The van der Waals surface area contributed by atoms with E-state index in [1.54, 1.807) is 6.20 Å². The Kier molecular flexibility index (Phi) is 3.03. The van der Waals surface area contributed by atoms with Gasteiger partial charge in [-0.3, -0.25) is 4.79 Å². The number of hydrogen-bond acceptors (Lipinski definition) is 4. The van der Waals surface area contributed by atoms with Crippen molar-refractivity contribution in [3.63, 3.8) is 0 Å². The number of amides is 1. The van der Waals surface area contributed by atoms with Crippen LogP contribution in [0.15, 0.2) is 6.20 Å². The van der Waals surface area contributed by atoms with Crippen molar-refractivity contribution in [2.75, 3.05) is 13.1 Å². The van der Waals surface area contributed by atoms with E-state index >= 15 is 0 Å². The molecule has 1 aliphatic heterocycles. The Morgan fingerprint density at radius 2 is 2.22 bits per heavy atom. The van der Waals surface area contributed by atoms with Crippen molar-refractivity contribution in [2.45, 2.75) is 38.3 Å². The molecule has 6 nitrogen and oxygen atoms in total. The molecule has 1 amide bonds. The fraction of sp³-hybridized carbons (Fsp3) is 0.750. The average molecular weight is 249 g/mol. The summed E-state index contributed by atoms with van der Waals surface area (Å²) in [7, 11) is 0. The Morgan fingerprint density at radius 1 is 1.50 bits per heavy atom. The normalized spacial score (nSPS) is 28.1. The molecule has 2 aliphatic rings. The second-order valence-corrected chi connectivity index (χ2v) is 5.36. The highest BCUT2D eigenvalue weighted by Gasteiger charge is 2.34. The number of hydrogen-bond donors (Lipinski definition) is 2. The van der Waals surface area contributed by atoms with Gasteiger partial charge in [-0.05, 0) is 38.3 Å². The van der Waals surface area contributed by atoms with Crippen LogP contribution in [0.1, 0.15) is 42.7 Å². The largest absolute Gasteiger partial charge is 0.348 e. The molecule has 18 heavy (non-hydrogen) atoms. The lowest BCUT2D eigenvalue weighted by molar-refractivity contribution is 0.0944. The number of nitrogens with one attached hydrogen (secondary N) is 2. The molecule has 1 aliphatic carbocycles. The third kappa shape index (κ3) is 2.38. The first-order valence-electron chi connectivity index (χ1n) is 6.67. The van der Waals surface area contributed by atoms with E-state index in [1.807, 2.05) is 4.68 Å². The second-order valence-electron chi connectivity index (χ2n) is 5.36. The fourth-order valence-corrected chi connectivity index (χ4v) is 2.40. The van der Waals surface area contributed by atoms with Gasteiger partial charge in [-0.15, -0.1) is 5.10 Å². The van der Waals surface area contributed by atoms with E-state index in [-0.39, 0.29) is 5.91 Å². The van der Waals surface area contributed by atoms with Crippen LogP contribution in [-0.2, 0) is 0 Å². The minimum absolute atomic E-state index is 0.0930. The number of carbonyl (C=O) groups excluding carboxylic acids is 1. The summed E-state index contributed by atoms with van der Waals surface area (Å²) in [5.74, 6) is 0.512. The van der Waals surface area contributed by atoms with Crippen LogP contribution in [0.3, 0.4) is 0 Å². The summed E-state index contributed by atoms with van der Waals surface area (Å²) in [5.41, 5.74) is 0.438. The topological polar surface area (TPSA) is 71.8 Å². The third-order valence-corrected chi connectivity index (χ3v) is 3.85. The maximum atomic E-state index is 11.9. The van der Waals surface area contributed by atoms with Crippen molar-refractivity contribution >= 4 is 5.91 Å². The molecule has 2 heterocycles. The van der Waals surface area contributed by atoms with Crippen molar-refractivity contribution in [2.24, 2.45) is 5.92 Å². The molecule has 0 radical (unpaired) electrons.